The molecular weight excluding hydrogens is 536 g/mol. The number of nitrogens with zero attached hydrogens (tertiary/aromatic N) is 3. The molecule has 1 spiro atoms. The predicted octanol–water partition coefficient (Wildman–Crippen LogP) is 3.35. The number of carbonyl (C=O) groups is 4. The molecule has 208 valence electrons. The number of para-hydroxylation sites is 3. The van der Waals surface area contributed by atoms with E-state index in [2.05, 4.69) is 5.32 Å². The molecule has 4 atom stereocenters. The van der Waals surface area contributed by atoms with Gasteiger partial charge in [-0.15, -0.1) is 0 Å². The number of carbonyl (C=O) groups excluding carboxylic acids is 4. The zero-order chi connectivity index (χ0) is 28.3. The molecule has 4 aliphatic heterocycles. The van der Waals surface area contributed by atoms with Crippen LogP contribution in [0.5, 0.6) is 0 Å². The molecule has 4 amide bonds. The standard InChI is InChI=1S/C32H30N4O4S/c1-41-18-16-23-27-28(30(39)36(29(27)38)21-10-3-2-4-11-21)32(33-23)22-12-6-8-14-25(22)35(31(32)40)19-26(37)34-17-15-20-9-5-7-13-24(20)34/h2-14,23,27-28,33H,15-19H2,1H3. The smallest absolute Gasteiger partial charge is 0.253 e. The van der Waals surface area contributed by atoms with Crippen LogP contribution >= 0.6 is 11.8 Å². The molecule has 2 fully saturated rings. The van der Waals surface area contributed by atoms with Crippen molar-refractivity contribution in [1.82, 2.24) is 5.32 Å². The number of fused-ring (bicyclic) bond motifs is 5. The van der Waals surface area contributed by atoms with Crippen molar-refractivity contribution in [1.29, 1.82) is 0 Å². The number of amides is 4. The number of imide groups is 1. The monoisotopic (exact) mass is 566 g/mol. The minimum absolute atomic E-state index is 0.148. The molecule has 0 bridgehead atoms. The van der Waals surface area contributed by atoms with E-state index in [4.69, 9.17) is 0 Å². The third-order valence-electron chi connectivity index (χ3n) is 9.00. The van der Waals surface area contributed by atoms with E-state index in [1.807, 2.05) is 60.9 Å². The van der Waals surface area contributed by atoms with Gasteiger partial charge in [-0.1, -0.05) is 54.6 Å². The van der Waals surface area contributed by atoms with E-state index in [0.29, 0.717) is 29.9 Å². The third-order valence-corrected chi connectivity index (χ3v) is 9.64. The lowest BCUT2D eigenvalue weighted by molar-refractivity contribution is -0.132. The van der Waals surface area contributed by atoms with Crippen LogP contribution in [0.1, 0.15) is 17.5 Å². The second kappa shape index (κ2) is 9.85. The Bertz CT molecular complexity index is 1580. The normalized spacial score (nSPS) is 26.2. The van der Waals surface area contributed by atoms with Gasteiger partial charge in [0.2, 0.25) is 17.7 Å². The fourth-order valence-corrected chi connectivity index (χ4v) is 7.74. The summed E-state index contributed by atoms with van der Waals surface area (Å²) in [6, 6.07) is 23.7. The highest BCUT2D eigenvalue weighted by atomic mass is 32.2. The van der Waals surface area contributed by atoms with Gasteiger partial charge in [-0.2, -0.15) is 11.8 Å². The van der Waals surface area contributed by atoms with Gasteiger partial charge in [-0.3, -0.25) is 24.5 Å². The van der Waals surface area contributed by atoms with Gasteiger partial charge in [0.1, 0.15) is 12.1 Å². The van der Waals surface area contributed by atoms with Crippen molar-refractivity contribution in [2.75, 3.05) is 39.8 Å². The topological polar surface area (TPSA) is 90.0 Å². The summed E-state index contributed by atoms with van der Waals surface area (Å²) in [6.07, 6.45) is 3.40. The predicted molar refractivity (Wildman–Crippen MR) is 159 cm³/mol. The van der Waals surface area contributed by atoms with Crippen LogP contribution in [0.4, 0.5) is 17.1 Å². The van der Waals surface area contributed by atoms with Gasteiger partial charge in [0.05, 0.1) is 17.5 Å². The molecule has 0 radical (unpaired) electrons. The molecule has 9 heteroatoms. The zero-order valence-electron chi connectivity index (χ0n) is 22.7. The molecule has 4 heterocycles. The summed E-state index contributed by atoms with van der Waals surface area (Å²) in [6.45, 7) is 0.413. The maximum atomic E-state index is 14.6. The van der Waals surface area contributed by atoms with Gasteiger partial charge < -0.3 is 9.80 Å². The van der Waals surface area contributed by atoms with Crippen LogP contribution < -0.4 is 20.0 Å². The first-order chi connectivity index (χ1) is 20.0. The van der Waals surface area contributed by atoms with Crippen molar-refractivity contribution >= 4 is 52.5 Å². The van der Waals surface area contributed by atoms with Gasteiger partial charge in [0.15, 0.2) is 0 Å². The van der Waals surface area contributed by atoms with E-state index in [-0.39, 0.29) is 36.2 Å². The van der Waals surface area contributed by atoms with Gasteiger partial charge in [0, 0.05) is 29.5 Å². The van der Waals surface area contributed by atoms with E-state index >= 15 is 0 Å². The van der Waals surface area contributed by atoms with Crippen molar-refractivity contribution in [2.24, 2.45) is 11.8 Å². The molecule has 2 saturated heterocycles. The van der Waals surface area contributed by atoms with Crippen molar-refractivity contribution < 1.29 is 19.2 Å². The lowest BCUT2D eigenvalue weighted by Gasteiger charge is -2.31. The lowest BCUT2D eigenvalue weighted by Crippen LogP contribution is -2.56. The number of benzene rings is 3. The second-order valence-electron chi connectivity index (χ2n) is 11.0. The largest absolute Gasteiger partial charge is 0.310 e. The van der Waals surface area contributed by atoms with Gasteiger partial charge in [0.25, 0.3) is 5.91 Å². The van der Waals surface area contributed by atoms with Crippen molar-refractivity contribution in [2.45, 2.75) is 24.4 Å². The summed E-state index contributed by atoms with van der Waals surface area (Å²) in [4.78, 5) is 61.0. The van der Waals surface area contributed by atoms with E-state index in [0.717, 1.165) is 23.4 Å². The fourth-order valence-electron chi connectivity index (χ4n) is 7.25. The number of hydrogen-bond donors (Lipinski definition) is 1. The second-order valence-corrected chi connectivity index (χ2v) is 12.0. The first kappa shape index (κ1) is 26.0. The fraction of sp³-hybridized carbons (Fsp3) is 0.312. The minimum atomic E-state index is -1.43. The average Bonchev–Trinajstić information content (AvgIpc) is 3.71. The van der Waals surface area contributed by atoms with Crippen molar-refractivity contribution in [3.63, 3.8) is 0 Å². The van der Waals surface area contributed by atoms with Crippen LogP contribution in [0.3, 0.4) is 0 Å². The van der Waals surface area contributed by atoms with E-state index < -0.39 is 17.4 Å². The molecule has 0 aromatic heterocycles. The Morgan fingerprint density at radius 2 is 1.63 bits per heavy atom. The highest BCUT2D eigenvalue weighted by Crippen LogP contribution is 2.55. The Hall–Kier alpha value is -3.95. The van der Waals surface area contributed by atoms with Gasteiger partial charge >= 0.3 is 0 Å². The van der Waals surface area contributed by atoms with Crippen LogP contribution in [-0.4, -0.2) is 54.8 Å². The maximum absolute atomic E-state index is 14.6. The molecule has 3 aromatic carbocycles. The number of hydrogen-bond acceptors (Lipinski definition) is 6. The summed E-state index contributed by atoms with van der Waals surface area (Å²) < 4.78 is 0. The summed E-state index contributed by atoms with van der Waals surface area (Å²) in [5, 5.41) is 3.53. The number of thioether (sulfide) groups is 1. The highest BCUT2D eigenvalue weighted by molar-refractivity contribution is 7.98. The Kier molecular flexibility index (Phi) is 6.24. The third kappa shape index (κ3) is 3.72. The summed E-state index contributed by atoms with van der Waals surface area (Å²) >= 11 is 1.66. The van der Waals surface area contributed by atoms with E-state index in [1.165, 1.54) is 9.80 Å². The molecule has 3 aromatic rings. The Balaban J connectivity index is 1.29. The van der Waals surface area contributed by atoms with Crippen LogP contribution in [0, 0.1) is 11.8 Å². The summed E-state index contributed by atoms with van der Waals surface area (Å²) in [7, 11) is 0. The molecule has 4 aliphatic rings. The Labute approximate surface area is 242 Å². The minimum Gasteiger partial charge on any atom is -0.310 e. The zero-order valence-corrected chi connectivity index (χ0v) is 23.5. The summed E-state index contributed by atoms with van der Waals surface area (Å²) in [5.41, 5.74) is 2.32. The average molecular weight is 567 g/mol. The summed E-state index contributed by atoms with van der Waals surface area (Å²) in [5.74, 6) is -2.02. The van der Waals surface area contributed by atoms with Gasteiger partial charge in [-0.05, 0) is 54.7 Å². The molecule has 41 heavy (non-hydrogen) atoms. The molecule has 0 aliphatic carbocycles. The molecule has 0 saturated carbocycles. The molecule has 7 rings (SSSR count). The van der Waals surface area contributed by atoms with Crippen LogP contribution in [-0.2, 0) is 31.1 Å². The number of nitrogens with one attached hydrogen (secondary N) is 1. The van der Waals surface area contributed by atoms with Crippen LogP contribution in [0.2, 0.25) is 0 Å². The Morgan fingerprint density at radius 1 is 0.927 bits per heavy atom. The first-order valence-electron chi connectivity index (χ1n) is 14.0. The van der Waals surface area contributed by atoms with E-state index in [9.17, 15) is 19.2 Å². The number of rotatable bonds is 6. The molecule has 1 N–H and O–H groups in total. The van der Waals surface area contributed by atoms with E-state index in [1.54, 1.807) is 40.9 Å². The SMILES string of the molecule is CSCCC1NC2(C(=O)N(CC(=O)N3CCc4ccccc43)c3ccccc32)C2C(=O)N(c3ccccc3)C(=O)C12. The maximum Gasteiger partial charge on any atom is 0.253 e. The molecular formula is C32H30N4O4S. The van der Waals surface area contributed by atoms with Crippen molar-refractivity contribution in [3.05, 3.63) is 90.0 Å². The highest BCUT2D eigenvalue weighted by Gasteiger charge is 2.71. The van der Waals surface area contributed by atoms with Crippen LogP contribution in [0.15, 0.2) is 78.9 Å². The first-order valence-corrected chi connectivity index (χ1v) is 15.4. The quantitative estimate of drug-likeness (QED) is 0.461. The van der Waals surface area contributed by atoms with Crippen molar-refractivity contribution in [3.8, 4) is 0 Å². The van der Waals surface area contributed by atoms with Crippen LogP contribution in [0.25, 0.3) is 0 Å². The van der Waals surface area contributed by atoms with Gasteiger partial charge in [-0.25, -0.2) is 4.90 Å². The lowest BCUT2D eigenvalue weighted by atomic mass is 9.76. The molecule has 8 nitrogen and oxygen atoms in total. The number of anilines is 3. The molecule has 4 unspecified atom stereocenters. The Morgan fingerprint density at radius 3 is 2.41 bits per heavy atom.